The quantitative estimate of drug-likeness (QED) is 0.690. The normalized spacial score (nSPS) is 15.2. The predicted molar refractivity (Wildman–Crippen MR) is 82.7 cm³/mol. The molecule has 7 heteroatoms. The number of nitrogens with zero attached hydrogens (tertiary/aromatic N) is 4. The summed E-state index contributed by atoms with van der Waals surface area (Å²) in [7, 11) is 0. The fraction of sp³-hybridized carbons (Fsp3) is 0.267. The van der Waals surface area contributed by atoms with Crippen LogP contribution in [0.15, 0.2) is 41.8 Å². The molecule has 0 unspecified atom stereocenters. The molecule has 3 rings (SSSR count). The van der Waals surface area contributed by atoms with Crippen LogP contribution in [0.4, 0.5) is 16.0 Å². The maximum Gasteiger partial charge on any atom is 0.151 e. The highest BCUT2D eigenvalue weighted by atomic mass is 19.1. The lowest BCUT2D eigenvalue weighted by atomic mass is 10.2. The van der Waals surface area contributed by atoms with Crippen molar-refractivity contribution in [3.05, 3.63) is 48.0 Å². The van der Waals surface area contributed by atoms with Gasteiger partial charge in [0.15, 0.2) is 5.82 Å². The second-order valence-corrected chi connectivity index (χ2v) is 4.79. The van der Waals surface area contributed by atoms with Gasteiger partial charge in [-0.25, -0.2) is 14.4 Å². The molecule has 114 valence electrons. The van der Waals surface area contributed by atoms with E-state index in [1.54, 1.807) is 18.3 Å². The molecule has 2 aromatic rings. The van der Waals surface area contributed by atoms with Crippen LogP contribution < -0.4 is 10.3 Å². The second-order valence-electron chi connectivity index (χ2n) is 4.79. The summed E-state index contributed by atoms with van der Waals surface area (Å²) in [5, 5.41) is 4.06. The Hall–Kier alpha value is -2.54. The number of nitrogens with one attached hydrogen (secondary N) is 1. The lowest BCUT2D eigenvalue weighted by Gasteiger charge is -2.27. The lowest BCUT2D eigenvalue weighted by molar-refractivity contribution is 0.122. The van der Waals surface area contributed by atoms with E-state index in [1.807, 2.05) is 6.07 Å². The minimum absolute atomic E-state index is 0.291. The van der Waals surface area contributed by atoms with Crippen LogP contribution in [0.25, 0.3) is 0 Å². The summed E-state index contributed by atoms with van der Waals surface area (Å²) in [6, 6.07) is 8.04. The van der Waals surface area contributed by atoms with Crippen LogP contribution in [-0.2, 0) is 4.74 Å². The Morgan fingerprint density at radius 2 is 2.09 bits per heavy atom. The van der Waals surface area contributed by atoms with Crippen molar-refractivity contribution < 1.29 is 9.13 Å². The van der Waals surface area contributed by atoms with E-state index in [4.69, 9.17) is 4.74 Å². The summed E-state index contributed by atoms with van der Waals surface area (Å²) in [4.78, 5) is 10.5. The van der Waals surface area contributed by atoms with E-state index in [-0.39, 0.29) is 5.82 Å². The number of aromatic nitrogens is 2. The van der Waals surface area contributed by atoms with Crippen molar-refractivity contribution in [2.24, 2.45) is 5.10 Å². The number of hydrazone groups is 1. The first-order chi connectivity index (χ1) is 10.8. The van der Waals surface area contributed by atoms with E-state index in [0.29, 0.717) is 24.6 Å². The molecule has 1 aliphatic rings. The van der Waals surface area contributed by atoms with E-state index < -0.39 is 0 Å². The van der Waals surface area contributed by atoms with Crippen LogP contribution in [0, 0.1) is 5.82 Å². The molecule has 22 heavy (non-hydrogen) atoms. The van der Waals surface area contributed by atoms with Gasteiger partial charge in [0.1, 0.15) is 18.0 Å². The van der Waals surface area contributed by atoms with Crippen molar-refractivity contribution >= 4 is 17.9 Å². The van der Waals surface area contributed by atoms with Crippen LogP contribution in [0.5, 0.6) is 0 Å². The number of ether oxygens (including phenoxy) is 1. The average Bonchev–Trinajstić information content (AvgIpc) is 2.56. The molecule has 0 amide bonds. The Balaban J connectivity index is 1.65. The zero-order chi connectivity index (χ0) is 15.2. The van der Waals surface area contributed by atoms with Gasteiger partial charge in [-0.1, -0.05) is 12.1 Å². The van der Waals surface area contributed by atoms with Gasteiger partial charge in [0.25, 0.3) is 0 Å². The van der Waals surface area contributed by atoms with Crippen LogP contribution in [0.1, 0.15) is 5.56 Å². The molecule has 1 fully saturated rings. The third kappa shape index (κ3) is 3.76. The lowest BCUT2D eigenvalue weighted by Crippen LogP contribution is -2.36. The van der Waals surface area contributed by atoms with Crippen molar-refractivity contribution in [2.45, 2.75) is 0 Å². The highest BCUT2D eigenvalue weighted by Crippen LogP contribution is 2.15. The standard InChI is InChI=1S/C15H16FN5O/c16-13-3-1-2-12(8-13)10-19-20-14-9-15(18-11-17-14)21-4-6-22-7-5-21/h1-3,8-11H,4-7H2,(H,17,18,20)/b19-10-. The minimum Gasteiger partial charge on any atom is -0.378 e. The van der Waals surface area contributed by atoms with Crippen LogP contribution >= 0.6 is 0 Å². The number of rotatable bonds is 4. The van der Waals surface area contributed by atoms with Crippen LogP contribution in [0.2, 0.25) is 0 Å². The van der Waals surface area contributed by atoms with E-state index in [1.165, 1.54) is 18.5 Å². The first kappa shape index (κ1) is 14.4. The molecule has 6 nitrogen and oxygen atoms in total. The molecule has 0 spiro atoms. The van der Waals surface area contributed by atoms with Gasteiger partial charge in [0.05, 0.1) is 19.4 Å². The molecule has 0 bridgehead atoms. The van der Waals surface area contributed by atoms with Crippen molar-refractivity contribution in [1.82, 2.24) is 9.97 Å². The van der Waals surface area contributed by atoms with Gasteiger partial charge in [0.2, 0.25) is 0 Å². The summed E-state index contributed by atoms with van der Waals surface area (Å²) >= 11 is 0. The Bertz CT molecular complexity index is 658. The number of hydrogen-bond donors (Lipinski definition) is 1. The summed E-state index contributed by atoms with van der Waals surface area (Å²) in [5.41, 5.74) is 3.51. The van der Waals surface area contributed by atoms with Gasteiger partial charge >= 0.3 is 0 Å². The molecule has 2 heterocycles. The zero-order valence-electron chi connectivity index (χ0n) is 11.9. The highest BCUT2D eigenvalue weighted by molar-refractivity contribution is 5.80. The molecule has 1 aliphatic heterocycles. The Morgan fingerprint density at radius 3 is 2.91 bits per heavy atom. The molecule has 0 atom stereocenters. The van der Waals surface area contributed by atoms with E-state index in [9.17, 15) is 4.39 Å². The van der Waals surface area contributed by atoms with Gasteiger partial charge in [-0.15, -0.1) is 0 Å². The first-order valence-corrected chi connectivity index (χ1v) is 7.01. The molecule has 1 N–H and O–H groups in total. The Morgan fingerprint density at radius 1 is 1.23 bits per heavy atom. The van der Waals surface area contributed by atoms with Crippen LogP contribution in [0.3, 0.4) is 0 Å². The van der Waals surface area contributed by atoms with Crippen molar-refractivity contribution in [1.29, 1.82) is 0 Å². The molecule has 1 saturated heterocycles. The summed E-state index contributed by atoms with van der Waals surface area (Å²) in [5.74, 6) is 1.13. The summed E-state index contributed by atoms with van der Waals surface area (Å²) in [6.45, 7) is 3.01. The predicted octanol–water partition coefficient (Wildman–Crippen LogP) is 1.90. The van der Waals surface area contributed by atoms with E-state index in [2.05, 4.69) is 25.4 Å². The van der Waals surface area contributed by atoms with E-state index in [0.717, 1.165) is 18.9 Å². The van der Waals surface area contributed by atoms with Crippen molar-refractivity contribution in [3.8, 4) is 0 Å². The molecule has 0 aliphatic carbocycles. The van der Waals surface area contributed by atoms with E-state index >= 15 is 0 Å². The fourth-order valence-electron chi connectivity index (χ4n) is 2.13. The topological polar surface area (TPSA) is 62.6 Å². The van der Waals surface area contributed by atoms with Crippen LogP contribution in [-0.4, -0.2) is 42.5 Å². The summed E-state index contributed by atoms with van der Waals surface area (Å²) in [6.07, 6.45) is 3.03. The largest absolute Gasteiger partial charge is 0.378 e. The Kier molecular flexibility index (Phi) is 4.55. The molecular formula is C15H16FN5O. The maximum absolute atomic E-state index is 13.1. The van der Waals surface area contributed by atoms with Gasteiger partial charge < -0.3 is 9.64 Å². The molecule has 1 aromatic carbocycles. The summed E-state index contributed by atoms with van der Waals surface area (Å²) < 4.78 is 18.4. The number of halogens is 1. The monoisotopic (exact) mass is 301 g/mol. The highest BCUT2D eigenvalue weighted by Gasteiger charge is 2.12. The smallest absolute Gasteiger partial charge is 0.151 e. The Labute approximate surface area is 127 Å². The van der Waals surface area contributed by atoms with Crippen molar-refractivity contribution in [2.75, 3.05) is 36.6 Å². The molecular weight excluding hydrogens is 285 g/mol. The van der Waals surface area contributed by atoms with Gasteiger partial charge in [-0.2, -0.15) is 5.10 Å². The first-order valence-electron chi connectivity index (χ1n) is 7.01. The SMILES string of the molecule is Fc1cccc(/C=N\Nc2cc(N3CCOCC3)ncn2)c1. The number of morpholine rings is 1. The fourth-order valence-corrected chi connectivity index (χ4v) is 2.13. The van der Waals surface area contributed by atoms with Gasteiger partial charge in [0, 0.05) is 19.2 Å². The zero-order valence-corrected chi connectivity index (χ0v) is 11.9. The molecule has 0 radical (unpaired) electrons. The third-order valence-electron chi connectivity index (χ3n) is 3.23. The third-order valence-corrected chi connectivity index (χ3v) is 3.23. The average molecular weight is 301 g/mol. The number of anilines is 2. The number of hydrogen-bond acceptors (Lipinski definition) is 6. The minimum atomic E-state index is -0.291. The van der Waals surface area contributed by atoms with Gasteiger partial charge in [-0.05, 0) is 17.7 Å². The number of benzene rings is 1. The second kappa shape index (κ2) is 6.95. The van der Waals surface area contributed by atoms with Crippen molar-refractivity contribution in [3.63, 3.8) is 0 Å². The van der Waals surface area contributed by atoms with Gasteiger partial charge in [-0.3, -0.25) is 5.43 Å². The molecule has 0 saturated carbocycles. The maximum atomic E-state index is 13.1. The molecule has 1 aromatic heterocycles.